The van der Waals surface area contributed by atoms with Crippen LogP contribution in [0.4, 0.5) is 18.9 Å². The molecule has 1 amide bonds. The first-order valence-corrected chi connectivity index (χ1v) is 8.51. The van der Waals surface area contributed by atoms with E-state index in [0.717, 1.165) is 16.5 Å². The number of aromatic nitrogens is 3. The van der Waals surface area contributed by atoms with E-state index in [1.54, 1.807) is 18.3 Å². The number of amides is 1. The maximum absolute atomic E-state index is 12.6. The average molecular weight is 398 g/mol. The van der Waals surface area contributed by atoms with Gasteiger partial charge in [-0.1, -0.05) is 23.4 Å². The molecule has 2 aromatic heterocycles. The number of fused-ring (bicyclic) bond motifs is 1. The van der Waals surface area contributed by atoms with Crippen molar-refractivity contribution in [2.45, 2.75) is 12.7 Å². The van der Waals surface area contributed by atoms with E-state index in [1.807, 2.05) is 30.3 Å². The lowest BCUT2D eigenvalue weighted by Gasteiger charge is -2.18. The monoisotopic (exact) mass is 398 g/mol. The van der Waals surface area contributed by atoms with Crippen LogP contribution in [0.3, 0.4) is 0 Å². The van der Waals surface area contributed by atoms with Crippen LogP contribution >= 0.6 is 0 Å². The number of pyridine rings is 1. The van der Waals surface area contributed by atoms with Crippen LogP contribution in [0.1, 0.15) is 11.5 Å². The van der Waals surface area contributed by atoms with E-state index in [2.05, 4.69) is 19.6 Å². The summed E-state index contributed by atoms with van der Waals surface area (Å²) < 4.78 is 42.0. The zero-order chi connectivity index (χ0) is 20.4. The van der Waals surface area contributed by atoms with Crippen LogP contribution in [0, 0.1) is 0 Å². The first kappa shape index (κ1) is 18.6. The number of halogens is 3. The van der Waals surface area contributed by atoms with Gasteiger partial charge in [0.1, 0.15) is 0 Å². The van der Waals surface area contributed by atoms with Crippen LogP contribution in [-0.4, -0.2) is 21.5 Å². The zero-order valence-corrected chi connectivity index (χ0v) is 14.8. The summed E-state index contributed by atoms with van der Waals surface area (Å²) in [6, 6.07) is 15.8. The summed E-state index contributed by atoms with van der Waals surface area (Å²) in [4.78, 5) is 20.8. The second-order valence-electron chi connectivity index (χ2n) is 6.24. The Bertz CT molecular complexity index is 1160. The van der Waals surface area contributed by atoms with Crippen LogP contribution in [0.5, 0.6) is 0 Å². The van der Waals surface area contributed by atoms with Crippen LogP contribution < -0.4 is 4.90 Å². The Hall–Kier alpha value is -3.75. The average Bonchev–Trinajstić information content (AvgIpc) is 3.23. The molecule has 0 aliphatic heterocycles. The van der Waals surface area contributed by atoms with Gasteiger partial charge in [-0.3, -0.25) is 9.78 Å². The molecule has 0 unspecified atom stereocenters. The van der Waals surface area contributed by atoms with E-state index in [-0.39, 0.29) is 5.82 Å². The Kier molecular flexibility index (Phi) is 4.71. The second-order valence-corrected chi connectivity index (χ2v) is 6.24. The van der Waals surface area contributed by atoms with E-state index in [4.69, 9.17) is 0 Å². The van der Waals surface area contributed by atoms with Gasteiger partial charge in [0.05, 0.1) is 12.1 Å². The molecule has 146 valence electrons. The maximum atomic E-state index is 12.6. The fourth-order valence-electron chi connectivity index (χ4n) is 2.85. The highest BCUT2D eigenvalue weighted by molar-refractivity contribution is 5.80. The van der Waals surface area contributed by atoms with E-state index >= 15 is 0 Å². The first-order chi connectivity index (χ1) is 13.9. The van der Waals surface area contributed by atoms with Crippen molar-refractivity contribution in [1.29, 1.82) is 0 Å². The van der Waals surface area contributed by atoms with Gasteiger partial charge in [-0.15, -0.1) is 0 Å². The van der Waals surface area contributed by atoms with Crippen molar-refractivity contribution in [3.8, 4) is 11.4 Å². The van der Waals surface area contributed by atoms with Gasteiger partial charge in [-0.25, -0.2) is 0 Å². The van der Waals surface area contributed by atoms with Gasteiger partial charge in [0, 0.05) is 22.8 Å². The molecule has 0 aliphatic rings. The molecule has 4 aromatic rings. The molecule has 0 saturated carbocycles. The Balaban J connectivity index is 1.54. The van der Waals surface area contributed by atoms with E-state index in [1.165, 1.54) is 17.0 Å². The molecule has 0 aliphatic carbocycles. The van der Waals surface area contributed by atoms with Gasteiger partial charge in [0.25, 0.3) is 0 Å². The minimum atomic E-state index is -4.70. The normalized spacial score (nSPS) is 11.6. The number of alkyl halides is 3. The highest BCUT2D eigenvalue weighted by Crippen LogP contribution is 2.30. The van der Waals surface area contributed by atoms with Crippen molar-refractivity contribution < 1.29 is 22.5 Å². The summed E-state index contributed by atoms with van der Waals surface area (Å²) in [5, 5.41) is 4.31. The minimum Gasteiger partial charge on any atom is -0.329 e. The summed E-state index contributed by atoms with van der Waals surface area (Å²) in [5.74, 6) is -1.59. The Morgan fingerprint density at radius 3 is 2.52 bits per heavy atom. The molecule has 29 heavy (non-hydrogen) atoms. The van der Waals surface area contributed by atoms with Crippen molar-refractivity contribution in [2.24, 2.45) is 0 Å². The van der Waals surface area contributed by atoms with Crippen molar-refractivity contribution in [3.63, 3.8) is 0 Å². The molecule has 4 rings (SSSR count). The fraction of sp³-hybridized carbons (Fsp3) is 0.100. The van der Waals surface area contributed by atoms with Gasteiger partial charge in [-0.2, -0.15) is 18.2 Å². The third-order valence-electron chi connectivity index (χ3n) is 4.25. The molecular weight excluding hydrogens is 385 g/mol. The number of para-hydroxylation sites is 1. The molecule has 2 aromatic carbocycles. The number of rotatable bonds is 5. The minimum absolute atomic E-state index is 0.180. The van der Waals surface area contributed by atoms with Gasteiger partial charge >= 0.3 is 12.1 Å². The Labute approximate surface area is 162 Å². The quantitative estimate of drug-likeness (QED) is 0.464. The molecular formula is C20H13F3N4O2. The molecule has 0 saturated heterocycles. The van der Waals surface area contributed by atoms with E-state index in [0.29, 0.717) is 24.2 Å². The highest BCUT2D eigenvalue weighted by Gasteiger charge is 2.38. The predicted molar refractivity (Wildman–Crippen MR) is 98.7 cm³/mol. The fourth-order valence-corrected chi connectivity index (χ4v) is 2.85. The van der Waals surface area contributed by atoms with E-state index < -0.39 is 12.1 Å². The van der Waals surface area contributed by atoms with Gasteiger partial charge in [0.15, 0.2) is 0 Å². The number of hydrogen-bond acceptors (Lipinski definition) is 5. The number of carbonyl (C=O) groups is 1. The lowest BCUT2D eigenvalue weighted by molar-refractivity contribution is -0.159. The number of carbonyl (C=O) groups excluding carboxylic acids is 1. The summed E-state index contributed by atoms with van der Waals surface area (Å²) in [6.07, 6.45) is -2.32. The molecule has 0 spiro atoms. The van der Waals surface area contributed by atoms with Gasteiger partial charge < -0.3 is 9.42 Å². The Morgan fingerprint density at radius 1 is 1.07 bits per heavy atom. The standard InChI is InChI=1S/C20H13F3N4O2/c21-20(22,23)19-25-18(26-29-19)14-5-7-16(8-6-14)27(12-28)11-13-9-15-3-1-2-4-17(15)24-10-13/h1-10,12H,11H2. The zero-order valence-electron chi connectivity index (χ0n) is 14.8. The van der Waals surface area contributed by atoms with Gasteiger partial charge in [-0.05, 0) is 42.0 Å². The largest absolute Gasteiger partial charge is 0.471 e. The van der Waals surface area contributed by atoms with Crippen LogP contribution in [0.15, 0.2) is 65.3 Å². The number of hydrogen-bond donors (Lipinski definition) is 0. The van der Waals surface area contributed by atoms with Gasteiger partial charge in [0.2, 0.25) is 12.2 Å². The molecule has 0 bridgehead atoms. The van der Waals surface area contributed by atoms with Crippen molar-refractivity contribution in [1.82, 2.24) is 15.1 Å². The predicted octanol–water partition coefficient (Wildman–Crippen LogP) is 4.47. The highest BCUT2D eigenvalue weighted by atomic mass is 19.4. The topological polar surface area (TPSA) is 72.1 Å². The van der Waals surface area contributed by atoms with Crippen LogP contribution in [-0.2, 0) is 17.5 Å². The first-order valence-electron chi connectivity index (χ1n) is 8.51. The lowest BCUT2D eigenvalue weighted by Crippen LogP contribution is -2.20. The Morgan fingerprint density at radius 2 is 1.83 bits per heavy atom. The molecule has 9 heteroatoms. The maximum Gasteiger partial charge on any atom is 0.471 e. The summed E-state index contributed by atoms with van der Waals surface area (Å²) in [6.45, 7) is 0.293. The van der Waals surface area contributed by atoms with Crippen LogP contribution in [0.2, 0.25) is 0 Å². The van der Waals surface area contributed by atoms with Crippen molar-refractivity contribution in [2.75, 3.05) is 4.90 Å². The second kappa shape index (κ2) is 7.34. The molecule has 6 nitrogen and oxygen atoms in total. The van der Waals surface area contributed by atoms with Crippen molar-refractivity contribution in [3.05, 3.63) is 72.2 Å². The number of anilines is 1. The number of nitrogens with zero attached hydrogens (tertiary/aromatic N) is 4. The van der Waals surface area contributed by atoms with Crippen molar-refractivity contribution >= 4 is 23.0 Å². The molecule has 2 heterocycles. The smallest absolute Gasteiger partial charge is 0.329 e. The molecule has 0 N–H and O–H groups in total. The summed E-state index contributed by atoms with van der Waals surface area (Å²) >= 11 is 0. The summed E-state index contributed by atoms with van der Waals surface area (Å²) in [7, 11) is 0. The molecule has 0 atom stereocenters. The van der Waals surface area contributed by atoms with Crippen LogP contribution in [0.25, 0.3) is 22.3 Å². The number of benzene rings is 2. The third-order valence-corrected chi connectivity index (χ3v) is 4.25. The van der Waals surface area contributed by atoms with E-state index in [9.17, 15) is 18.0 Å². The molecule has 0 radical (unpaired) electrons. The third kappa shape index (κ3) is 3.93. The SMILES string of the molecule is O=CN(Cc1cnc2ccccc2c1)c1ccc(-c2noc(C(F)(F)F)n2)cc1. The lowest BCUT2D eigenvalue weighted by atomic mass is 10.1. The summed E-state index contributed by atoms with van der Waals surface area (Å²) in [5.41, 5.74) is 2.60. The molecule has 0 fully saturated rings.